The lowest BCUT2D eigenvalue weighted by Crippen LogP contribution is -2.42. The van der Waals surface area contributed by atoms with Gasteiger partial charge in [0, 0.05) is 20.6 Å². The van der Waals surface area contributed by atoms with Crippen molar-refractivity contribution in [3.05, 3.63) is 18.2 Å². The number of nitrogens with two attached hydrogens (primary N) is 1. The van der Waals surface area contributed by atoms with E-state index in [0.29, 0.717) is 31.1 Å². The van der Waals surface area contributed by atoms with Crippen molar-refractivity contribution >= 4 is 21.4 Å². The molecule has 1 aromatic rings. The van der Waals surface area contributed by atoms with Crippen LogP contribution in [0.4, 0.5) is 11.4 Å². The normalized spacial score (nSPS) is 19.5. The van der Waals surface area contributed by atoms with Gasteiger partial charge in [-0.2, -0.15) is 5.26 Å². The zero-order chi connectivity index (χ0) is 15.6. The highest BCUT2D eigenvalue weighted by Crippen LogP contribution is 2.29. The van der Waals surface area contributed by atoms with Gasteiger partial charge >= 0.3 is 0 Å². The third kappa shape index (κ3) is 3.10. The van der Waals surface area contributed by atoms with E-state index in [2.05, 4.69) is 6.07 Å². The van der Waals surface area contributed by atoms with Gasteiger partial charge in [-0.15, -0.1) is 0 Å². The van der Waals surface area contributed by atoms with Crippen molar-refractivity contribution in [3.63, 3.8) is 0 Å². The first kappa shape index (κ1) is 15.6. The minimum absolute atomic E-state index is 0.177. The lowest BCUT2D eigenvalue weighted by atomic mass is 10.2. The summed E-state index contributed by atoms with van der Waals surface area (Å²) in [7, 11) is -0.563. The minimum atomic E-state index is -3.52. The number of morpholine rings is 1. The number of rotatable bonds is 3. The van der Waals surface area contributed by atoms with Crippen LogP contribution in [0.15, 0.2) is 23.1 Å². The average molecular weight is 310 g/mol. The standard InChI is InChI=1S/C13H18N4O3S/c1-16(2)21(18,19)11-3-4-12(15)13(7-11)17-5-6-20-10(8-14)9-17/h3-4,7,10H,5-6,9,15H2,1-2H3. The summed E-state index contributed by atoms with van der Waals surface area (Å²) in [6, 6.07) is 6.66. The van der Waals surface area contributed by atoms with Crippen molar-refractivity contribution in [1.82, 2.24) is 4.31 Å². The number of benzene rings is 1. The Balaban J connectivity index is 2.39. The predicted octanol–water partition coefficient (Wildman–Crippen LogP) is 0.248. The zero-order valence-electron chi connectivity index (χ0n) is 12.0. The van der Waals surface area contributed by atoms with Crippen molar-refractivity contribution in [1.29, 1.82) is 5.26 Å². The fourth-order valence-electron chi connectivity index (χ4n) is 2.11. The van der Waals surface area contributed by atoms with E-state index in [1.54, 1.807) is 12.1 Å². The van der Waals surface area contributed by atoms with Crippen molar-refractivity contribution in [2.24, 2.45) is 0 Å². The molecule has 0 amide bonds. The number of nitriles is 1. The maximum atomic E-state index is 12.2. The van der Waals surface area contributed by atoms with Crippen LogP contribution in [0.2, 0.25) is 0 Å². The number of sulfonamides is 1. The van der Waals surface area contributed by atoms with Gasteiger partial charge in [0.05, 0.1) is 35.5 Å². The molecule has 21 heavy (non-hydrogen) atoms. The molecule has 1 saturated heterocycles. The van der Waals surface area contributed by atoms with Crippen LogP contribution in [-0.2, 0) is 14.8 Å². The lowest BCUT2D eigenvalue weighted by molar-refractivity contribution is 0.0765. The van der Waals surface area contributed by atoms with Crippen molar-refractivity contribution in [2.45, 2.75) is 11.0 Å². The molecule has 8 heteroatoms. The van der Waals surface area contributed by atoms with E-state index in [1.807, 2.05) is 4.90 Å². The largest absolute Gasteiger partial charge is 0.397 e. The second-order valence-electron chi connectivity index (χ2n) is 4.94. The average Bonchev–Trinajstić information content (AvgIpc) is 2.47. The first-order chi connectivity index (χ1) is 9.86. The van der Waals surface area contributed by atoms with Crippen LogP contribution in [0, 0.1) is 11.3 Å². The third-order valence-corrected chi connectivity index (χ3v) is 5.14. The molecule has 1 aliphatic heterocycles. The Hall–Kier alpha value is -1.82. The van der Waals surface area contributed by atoms with Gasteiger partial charge in [-0.3, -0.25) is 0 Å². The van der Waals surface area contributed by atoms with E-state index in [9.17, 15) is 8.42 Å². The summed E-state index contributed by atoms with van der Waals surface area (Å²) in [5.74, 6) is 0. The molecule has 114 valence electrons. The second-order valence-corrected chi connectivity index (χ2v) is 7.09. The summed E-state index contributed by atoms with van der Waals surface area (Å²) in [5, 5.41) is 8.95. The van der Waals surface area contributed by atoms with Crippen molar-refractivity contribution in [2.75, 3.05) is 44.4 Å². The van der Waals surface area contributed by atoms with Gasteiger partial charge < -0.3 is 15.4 Å². The molecule has 1 aromatic carbocycles. The smallest absolute Gasteiger partial charge is 0.242 e. The van der Waals surface area contributed by atoms with Crippen LogP contribution in [0.5, 0.6) is 0 Å². The molecule has 1 heterocycles. The Labute approximate surface area is 124 Å². The quantitative estimate of drug-likeness (QED) is 0.803. The van der Waals surface area contributed by atoms with Gasteiger partial charge in [0.25, 0.3) is 0 Å². The molecule has 7 nitrogen and oxygen atoms in total. The lowest BCUT2D eigenvalue weighted by Gasteiger charge is -2.32. The summed E-state index contributed by atoms with van der Waals surface area (Å²) in [6.07, 6.45) is -0.535. The molecule has 0 radical (unpaired) electrons. The van der Waals surface area contributed by atoms with Gasteiger partial charge in [0.15, 0.2) is 6.10 Å². The third-order valence-electron chi connectivity index (χ3n) is 3.33. The highest BCUT2D eigenvalue weighted by molar-refractivity contribution is 7.89. The molecule has 1 fully saturated rings. The first-order valence-electron chi connectivity index (χ1n) is 6.44. The SMILES string of the molecule is CN(C)S(=O)(=O)c1ccc(N)c(N2CCOC(C#N)C2)c1. The van der Waals surface area contributed by atoms with Crippen LogP contribution < -0.4 is 10.6 Å². The van der Waals surface area contributed by atoms with Crippen LogP contribution >= 0.6 is 0 Å². The second kappa shape index (κ2) is 5.89. The van der Waals surface area contributed by atoms with E-state index in [4.69, 9.17) is 15.7 Å². The summed E-state index contributed by atoms with van der Waals surface area (Å²) < 4.78 is 30.8. The highest BCUT2D eigenvalue weighted by Gasteiger charge is 2.24. The molecule has 2 rings (SSSR count). The molecule has 0 bridgehead atoms. The fraction of sp³-hybridized carbons (Fsp3) is 0.462. The van der Waals surface area contributed by atoms with Gasteiger partial charge in [0.2, 0.25) is 10.0 Å². The van der Waals surface area contributed by atoms with Crippen molar-refractivity contribution in [3.8, 4) is 6.07 Å². The van der Waals surface area contributed by atoms with E-state index in [-0.39, 0.29) is 4.90 Å². The molecular weight excluding hydrogens is 292 g/mol. The van der Waals surface area contributed by atoms with Crippen LogP contribution in [0.1, 0.15) is 0 Å². The van der Waals surface area contributed by atoms with Crippen LogP contribution in [0.3, 0.4) is 0 Å². The number of anilines is 2. The summed E-state index contributed by atoms with van der Waals surface area (Å²) in [4.78, 5) is 2.05. The number of ether oxygens (including phenoxy) is 1. The first-order valence-corrected chi connectivity index (χ1v) is 7.88. The summed E-state index contributed by atoms with van der Waals surface area (Å²) in [6.45, 7) is 1.34. The number of nitrogen functional groups attached to an aromatic ring is 1. The number of nitrogens with zero attached hydrogens (tertiary/aromatic N) is 3. The van der Waals surface area contributed by atoms with Gasteiger partial charge in [-0.1, -0.05) is 0 Å². The van der Waals surface area contributed by atoms with Crippen LogP contribution in [0.25, 0.3) is 0 Å². The Morgan fingerprint density at radius 3 is 2.81 bits per heavy atom. The predicted molar refractivity (Wildman–Crippen MR) is 79.3 cm³/mol. The number of hydrogen-bond acceptors (Lipinski definition) is 6. The van der Waals surface area contributed by atoms with E-state index >= 15 is 0 Å². The molecule has 2 N–H and O–H groups in total. The minimum Gasteiger partial charge on any atom is -0.397 e. The monoisotopic (exact) mass is 310 g/mol. The van der Waals surface area contributed by atoms with E-state index < -0.39 is 16.1 Å². The van der Waals surface area contributed by atoms with Gasteiger partial charge in [0.1, 0.15) is 0 Å². The molecule has 0 spiro atoms. The highest BCUT2D eigenvalue weighted by atomic mass is 32.2. The van der Waals surface area contributed by atoms with Gasteiger partial charge in [-0.05, 0) is 18.2 Å². The Morgan fingerprint density at radius 1 is 1.48 bits per heavy atom. The Morgan fingerprint density at radius 2 is 2.19 bits per heavy atom. The molecule has 0 aliphatic carbocycles. The van der Waals surface area contributed by atoms with Gasteiger partial charge in [-0.25, -0.2) is 12.7 Å². The van der Waals surface area contributed by atoms with Crippen molar-refractivity contribution < 1.29 is 13.2 Å². The molecule has 1 atom stereocenters. The molecule has 0 saturated carbocycles. The summed E-state index contributed by atoms with van der Waals surface area (Å²) >= 11 is 0. The topological polar surface area (TPSA) is 99.7 Å². The fourth-order valence-corrected chi connectivity index (χ4v) is 3.04. The Kier molecular flexibility index (Phi) is 4.37. The summed E-state index contributed by atoms with van der Waals surface area (Å²) in [5.41, 5.74) is 7.04. The number of hydrogen-bond donors (Lipinski definition) is 1. The zero-order valence-corrected chi connectivity index (χ0v) is 12.8. The molecule has 1 unspecified atom stereocenters. The maximum absolute atomic E-state index is 12.2. The van der Waals surface area contributed by atoms with Crippen LogP contribution in [-0.4, -0.2) is 52.6 Å². The molecular formula is C13H18N4O3S. The maximum Gasteiger partial charge on any atom is 0.242 e. The molecule has 1 aliphatic rings. The molecule has 0 aromatic heterocycles. The Bertz CT molecular complexity index is 666. The van der Waals surface area contributed by atoms with E-state index in [1.165, 1.54) is 20.2 Å². The van der Waals surface area contributed by atoms with E-state index in [0.717, 1.165) is 4.31 Å².